The van der Waals surface area contributed by atoms with E-state index in [1.54, 1.807) is 0 Å². The highest BCUT2D eigenvalue weighted by atomic mass is 35.5. The van der Waals surface area contributed by atoms with Crippen LogP contribution in [0.2, 0.25) is 0 Å². The van der Waals surface area contributed by atoms with Crippen molar-refractivity contribution in [1.82, 2.24) is 4.90 Å². The minimum atomic E-state index is -0.343. The molecule has 1 heterocycles. The monoisotopic (exact) mass is 434 g/mol. The van der Waals surface area contributed by atoms with Crippen molar-refractivity contribution >= 4 is 29.9 Å². The minimum absolute atomic E-state index is 0. The fourth-order valence-corrected chi connectivity index (χ4v) is 4.67. The molecule has 5 heteroatoms. The van der Waals surface area contributed by atoms with Crippen LogP contribution in [0, 0.1) is 6.92 Å². The van der Waals surface area contributed by atoms with Crippen LogP contribution in [0.15, 0.2) is 53.4 Å². The van der Waals surface area contributed by atoms with Crippen LogP contribution in [0.4, 0.5) is 5.69 Å². The van der Waals surface area contributed by atoms with Crippen LogP contribution in [0.3, 0.4) is 0 Å². The molecule has 0 spiro atoms. The summed E-state index contributed by atoms with van der Waals surface area (Å²) in [7, 11) is 0. The molecule has 0 aromatic heterocycles. The molecular weight excluding hydrogens is 400 g/mol. The van der Waals surface area contributed by atoms with E-state index in [-0.39, 0.29) is 18.5 Å². The Morgan fingerprint density at radius 1 is 1.00 bits per heavy atom. The average Bonchev–Trinajstić information content (AvgIpc) is 2.73. The number of aryl methyl sites for hydroxylation is 1. The number of halogens is 1. The Kier molecular flexibility index (Phi) is 10.4. The van der Waals surface area contributed by atoms with Gasteiger partial charge in [-0.1, -0.05) is 48.9 Å². The van der Waals surface area contributed by atoms with Gasteiger partial charge in [-0.25, -0.2) is 0 Å². The van der Waals surface area contributed by atoms with Crippen LogP contribution < -0.4 is 4.90 Å². The van der Waals surface area contributed by atoms with Gasteiger partial charge < -0.3 is 10.0 Å². The first kappa shape index (κ1) is 24.1. The molecule has 1 fully saturated rings. The molecule has 1 saturated heterocycles. The highest BCUT2D eigenvalue weighted by Crippen LogP contribution is 2.31. The Hall–Kier alpha value is -1.20. The van der Waals surface area contributed by atoms with Crippen molar-refractivity contribution in [2.24, 2.45) is 0 Å². The number of nitrogens with zero attached hydrogens (tertiary/aromatic N) is 2. The molecule has 1 unspecified atom stereocenters. The minimum Gasteiger partial charge on any atom is -0.388 e. The van der Waals surface area contributed by atoms with E-state index in [0.717, 1.165) is 51.1 Å². The summed E-state index contributed by atoms with van der Waals surface area (Å²) in [4.78, 5) is 6.49. The molecule has 1 atom stereocenters. The molecule has 29 heavy (non-hydrogen) atoms. The topological polar surface area (TPSA) is 26.7 Å². The van der Waals surface area contributed by atoms with Crippen molar-refractivity contribution in [2.75, 3.05) is 43.4 Å². The van der Waals surface area contributed by atoms with Gasteiger partial charge in [0.05, 0.1) is 11.8 Å². The fraction of sp³-hybridized carbons (Fsp3) is 0.500. The lowest BCUT2D eigenvalue weighted by atomic mass is 10.0. The summed E-state index contributed by atoms with van der Waals surface area (Å²) >= 11 is 1.97. The van der Waals surface area contributed by atoms with Gasteiger partial charge in [-0.2, -0.15) is 0 Å². The molecule has 0 aliphatic carbocycles. The second-order valence-corrected chi connectivity index (χ2v) is 8.85. The van der Waals surface area contributed by atoms with E-state index in [4.69, 9.17) is 0 Å². The number of aliphatic hydroxyl groups excluding tert-OH is 1. The van der Waals surface area contributed by atoms with Gasteiger partial charge in [-0.15, -0.1) is 24.2 Å². The molecule has 160 valence electrons. The first-order valence-electron chi connectivity index (χ1n) is 10.6. The van der Waals surface area contributed by atoms with Crippen LogP contribution in [0.1, 0.15) is 43.4 Å². The number of hydrogen-bond donors (Lipinski definition) is 1. The molecular formula is C24H35ClN2OS. The maximum atomic E-state index is 10.4. The highest BCUT2D eigenvalue weighted by Gasteiger charge is 2.19. The van der Waals surface area contributed by atoms with E-state index in [0.29, 0.717) is 0 Å². The summed E-state index contributed by atoms with van der Waals surface area (Å²) in [5, 5.41) is 10.4. The number of hydrogen-bond acceptors (Lipinski definition) is 4. The second kappa shape index (κ2) is 12.5. The van der Waals surface area contributed by atoms with Gasteiger partial charge >= 0.3 is 0 Å². The lowest BCUT2D eigenvalue weighted by Crippen LogP contribution is -2.46. The number of anilines is 1. The first-order chi connectivity index (χ1) is 13.7. The molecule has 0 radical (unpaired) electrons. The maximum Gasteiger partial charge on any atom is 0.0790 e. The quantitative estimate of drug-likeness (QED) is 0.523. The van der Waals surface area contributed by atoms with E-state index in [1.807, 2.05) is 23.9 Å². The van der Waals surface area contributed by atoms with Crippen molar-refractivity contribution < 1.29 is 5.11 Å². The summed E-state index contributed by atoms with van der Waals surface area (Å²) in [6.45, 7) is 9.78. The predicted octanol–water partition coefficient (Wildman–Crippen LogP) is 5.55. The molecule has 0 saturated carbocycles. The van der Waals surface area contributed by atoms with Crippen molar-refractivity contribution in [1.29, 1.82) is 0 Å². The standard InChI is InChI=1S/C24H34N2OS.ClH/c1-3-19-28-24-9-5-4-7-22(24)26-17-15-25(16-18-26)14-6-8-23(27)21-12-10-20(2)11-13-21;/h4-5,7,9-13,23,27H,3,6,8,14-19H2,1-2H3;1H. The Morgan fingerprint density at radius 3 is 2.38 bits per heavy atom. The lowest BCUT2D eigenvalue weighted by molar-refractivity contribution is 0.154. The smallest absolute Gasteiger partial charge is 0.0790 e. The van der Waals surface area contributed by atoms with E-state index in [1.165, 1.54) is 28.3 Å². The molecule has 0 amide bonds. The third kappa shape index (κ3) is 7.21. The van der Waals surface area contributed by atoms with Gasteiger partial charge in [0, 0.05) is 31.1 Å². The number of rotatable bonds is 9. The zero-order valence-electron chi connectivity index (χ0n) is 17.7. The summed E-state index contributed by atoms with van der Waals surface area (Å²) in [6.07, 6.45) is 2.74. The number of thioether (sulfide) groups is 1. The van der Waals surface area contributed by atoms with E-state index >= 15 is 0 Å². The zero-order valence-corrected chi connectivity index (χ0v) is 19.4. The molecule has 2 aromatic rings. The van der Waals surface area contributed by atoms with E-state index in [9.17, 15) is 5.11 Å². The van der Waals surface area contributed by atoms with Crippen molar-refractivity contribution in [2.45, 2.75) is 44.1 Å². The normalized spacial score (nSPS) is 15.8. The molecule has 3 nitrogen and oxygen atoms in total. The first-order valence-corrected chi connectivity index (χ1v) is 11.6. The van der Waals surface area contributed by atoms with Gasteiger partial charge in [0.25, 0.3) is 0 Å². The van der Waals surface area contributed by atoms with Crippen molar-refractivity contribution in [3.63, 3.8) is 0 Å². The van der Waals surface area contributed by atoms with Gasteiger partial charge in [-0.05, 0) is 56.2 Å². The summed E-state index contributed by atoms with van der Waals surface area (Å²) < 4.78 is 0. The third-order valence-corrected chi connectivity index (χ3v) is 6.72. The third-order valence-electron chi connectivity index (χ3n) is 5.45. The van der Waals surface area contributed by atoms with Crippen LogP contribution >= 0.6 is 24.2 Å². The van der Waals surface area contributed by atoms with Crippen LogP contribution in [0.5, 0.6) is 0 Å². The number of piperazine rings is 1. The molecule has 1 N–H and O–H groups in total. The second-order valence-electron chi connectivity index (χ2n) is 7.71. The predicted molar refractivity (Wildman–Crippen MR) is 129 cm³/mol. The van der Waals surface area contributed by atoms with Gasteiger partial charge in [0.2, 0.25) is 0 Å². The summed E-state index contributed by atoms with van der Waals surface area (Å²) in [5.41, 5.74) is 3.68. The Bertz CT molecular complexity index is 717. The van der Waals surface area contributed by atoms with Crippen LogP contribution in [0.25, 0.3) is 0 Å². The molecule has 0 bridgehead atoms. The molecule has 2 aromatic carbocycles. The Labute approximate surface area is 186 Å². The lowest BCUT2D eigenvalue weighted by Gasteiger charge is -2.37. The zero-order chi connectivity index (χ0) is 19.8. The van der Waals surface area contributed by atoms with Crippen LogP contribution in [-0.4, -0.2) is 48.5 Å². The number of benzene rings is 2. The Morgan fingerprint density at radius 2 is 1.69 bits per heavy atom. The number of aliphatic hydroxyl groups is 1. The van der Waals surface area contributed by atoms with Gasteiger partial charge in [0.15, 0.2) is 0 Å². The molecule has 3 rings (SSSR count). The molecule has 1 aliphatic rings. The van der Waals surface area contributed by atoms with Gasteiger partial charge in [-0.3, -0.25) is 4.90 Å². The van der Waals surface area contributed by atoms with Crippen molar-refractivity contribution in [3.05, 3.63) is 59.7 Å². The Balaban J connectivity index is 0.00000300. The highest BCUT2D eigenvalue weighted by molar-refractivity contribution is 7.99. The maximum absolute atomic E-state index is 10.4. The largest absolute Gasteiger partial charge is 0.388 e. The average molecular weight is 435 g/mol. The van der Waals surface area contributed by atoms with E-state index < -0.39 is 0 Å². The SMILES string of the molecule is CCCSc1ccccc1N1CCN(CCCC(O)c2ccc(C)cc2)CC1.Cl. The summed E-state index contributed by atoms with van der Waals surface area (Å²) in [5.74, 6) is 1.18. The van der Waals surface area contributed by atoms with Crippen molar-refractivity contribution in [3.8, 4) is 0 Å². The summed E-state index contributed by atoms with van der Waals surface area (Å²) in [6, 6.07) is 17.1. The molecule has 1 aliphatic heterocycles. The van der Waals surface area contributed by atoms with Gasteiger partial charge in [0.1, 0.15) is 0 Å². The van der Waals surface area contributed by atoms with Crippen LogP contribution in [-0.2, 0) is 0 Å². The number of para-hydroxylation sites is 1. The fourth-order valence-electron chi connectivity index (χ4n) is 3.73. The van der Waals surface area contributed by atoms with E-state index in [2.05, 4.69) is 60.0 Å².